The standard InChI is InChI=1S/C22H21NO5S/c1-16(24)17-10-12-20(13-11-17)29(26,27)23(2)14-22(25)28-15-19-8-5-7-18-6-3-4-9-21(18)19/h3-13H,14-15H2,1-2H3. The number of Topliss-reactive ketones (excluding diaryl/α,β-unsaturated/α-hetero) is 1. The lowest BCUT2D eigenvalue weighted by Crippen LogP contribution is -2.33. The van der Waals surface area contributed by atoms with E-state index >= 15 is 0 Å². The minimum Gasteiger partial charge on any atom is -0.460 e. The van der Waals surface area contributed by atoms with Crippen LogP contribution in [0.15, 0.2) is 71.6 Å². The SMILES string of the molecule is CC(=O)c1ccc(S(=O)(=O)N(C)CC(=O)OCc2cccc3ccccc23)cc1. The summed E-state index contributed by atoms with van der Waals surface area (Å²) in [6, 6.07) is 19.1. The third-order valence-electron chi connectivity index (χ3n) is 4.59. The first-order valence-electron chi connectivity index (χ1n) is 8.98. The number of hydrogen-bond acceptors (Lipinski definition) is 5. The lowest BCUT2D eigenvalue weighted by atomic mass is 10.1. The van der Waals surface area contributed by atoms with E-state index in [0.29, 0.717) is 5.56 Å². The van der Waals surface area contributed by atoms with Gasteiger partial charge in [-0.2, -0.15) is 4.31 Å². The molecule has 3 rings (SSSR count). The summed E-state index contributed by atoms with van der Waals surface area (Å²) >= 11 is 0. The van der Waals surface area contributed by atoms with Crippen molar-refractivity contribution in [1.29, 1.82) is 0 Å². The maximum Gasteiger partial charge on any atom is 0.321 e. The Hall–Kier alpha value is -3.03. The van der Waals surface area contributed by atoms with Crippen LogP contribution in [0.4, 0.5) is 0 Å². The molecule has 0 saturated heterocycles. The van der Waals surface area contributed by atoms with Crippen LogP contribution in [0, 0.1) is 0 Å². The van der Waals surface area contributed by atoms with Gasteiger partial charge in [0.25, 0.3) is 0 Å². The van der Waals surface area contributed by atoms with E-state index in [1.54, 1.807) is 0 Å². The van der Waals surface area contributed by atoms with Gasteiger partial charge in [-0.3, -0.25) is 9.59 Å². The van der Waals surface area contributed by atoms with Gasteiger partial charge in [0.1, 0.15) is 13.2 Å². The van der Waals surface area contributed by atoms with Crippen molar-refractivity contribution < 1.29 is 22.7 Å². The highest BCUT2D eigenvalue weighted by atomic mass is 32.2. The van der Waals surface area contributed by atoms with Gasteiger partial charge in [0.15, 0.2) is 5.78 Å². The normalized spacial score (nSPS) is 11.6. The largest absolute Gasteiger partial charge is 0.460 e. The van der Waals surface area contributed by atoms with E-state index in [9.17, 15) is 18.0 Å². The zero-order valence-corrected chi connectivity index (χ0v) is 17.0. The Morgan fingerprint density at radius 1 is 0.931 bits per heavy atom. The molecule has 0 saturated carbocycles. The first kappa shape index (κ1) is 20.7. The number of ether oxygens (including phenoxy) is 1. The fraction of sp³-hybridized carbons (Fsp3) is 0.182. The van der Waals surface area contributed by atoms with Gasteiger partial charge in [0.2, 0.25) is 10.0 Å². The van der Waals surface area contributed by atoms with Crippen molar-refractivity contribution in [1.82, 2.24) is 4.31 Å². The lowest BCUT2D eigenvalue weighted by Gasteiger charge is -2.17. The fourth-order valence-electron chi connectivity index (χ4n) is 2.93. The van der Waals surface area contributed by atoms with E-state index in [4.69, 9.17) is 4.74 Å². The molecule has 0 radical (unpaired) electrons. The molecule has 0 aliphatic rings. The summed E-state index contributed by atoms with van der Waals surface area (Å²) in [4.78, 5) is 23.6. The highest BCUT2D eigenvalue weighted by Gasteiger charge is 2.23. The monoisotopic (exact) mass is 411 g/mol. The third kappa shape index (κ3) is 4.70. The Morgan fingerprint density at radius 3 is 2.28 bits per heavy atom. The number of benzene rings is 3. The minimum absolute atomic E-state index is 0.00635. The van der Waals surface area contributed by atoms with Gasteiger partial charge in [-0.15, -0.1) is 0 Å². The predicted octanol–water partition coefficient (Wildman–Crippen LogP) is 3.41. The molecule has 0 atom stereocenters. The molecule has 0 aromatic heterocycles. The van der Waals surface area contributed by atoms with Gasteiger partial charge in [0, 0.05) is 12.6 Å². The number of nitrogens with zero attached hydrogens (tertiary/aromatic N) is 1. The molecular weight excluding hydrogens is 390 g/mol. The molecule has 150 valence electrons. The van der Waals surface area contributed by atoms with Crippen LogP contribution in [0.5, 0.6) is 0 Å². The van der Waals surface area contributed by atoms with E-state index in [0.717, 1.165) is 20.6 Å². The second-order valence-electron chi connectivity index (χ2n) is 6.64. The summed E-state index contributed by atoms with van der Waals surface area (Å²) in [5.74, 6) is -0.802. The number of carbonyl (C=O) groups is 2. The van der Waals surface area contributed by atoms with Crippen LogP contribution in [0.1, 0.15) is 22.8 Å². The first-order chi connectivity index (χ1) is 13.8. The van der Waals surface area contributed by atoms with Crippen molar-refractivity contribution in [2.24, 2.45) is 0 Å². The zero-order chi connectivity index (χ0) is 21.0. The van der Waals surface area contributed by atoms with E-state index in [2.05, 4.69) is 0 Å². The summed E-state index contributed by atoms with van der Waals surface area (Å²) < 4.78 is 31.5. The number of carbonyl (C=O) groups excluding carboxylic acids is 2. The van der Waals surface area contributed by atoms with Crippen molar-refractivity contribution in [2.45, 2.75) is 18.4 Å². The number of rotatable bonds is 7. The summed E-state index contributed by atoms with van der Waals surface area (Å²) in [5, 5.41) is 2.02. The summed E-state index contributed by atoms with van der Waals surface area (Å²) in [6.07, 6.45) is 0. The molecule has 0 fully saturated rings. The van der Waals surface area contributed by atoms with Crippen LogP contribution >= 0.6 is 0 Å². The molecule has 0 unspecified atom stereocenters. The van der Waals surface area contributed by atoms with Gasteiger partial charge >= 0.3 is 5.97 Å². The zero-order valence-electron chi connectivity index (χ0n) is 16.2. The Labute approximate surface area is 169 Å². The van der Waals surface area contributed by atoms with E-state index in [1.165, 1.54) is 38.2 Å². The van der Waals surface area contributed by atoms with Gasteiger partial charge in [-0.25, -0.2) is 8.42 Å². The van der Waals surface area contributed by atoms with E-state index in [-0.39, 0.29) is 17.3 Å². The Kier molecular flexibility index (Phi) is 6.10. The van der Waals surface area contributed by atoms with Crippen LogP contribution in [-0.2, 0) is 26.2 Å². The smallest absolute Gasteiger partial charge is 0.321 e. The van der Waals surface area contributed by atoms with Crippen LogP contribution in [0.3, 0.4) is 0 Å². The number of sulfonamides is 1. The van der Waals surface area contributed by atoms with Crippen molar-refractivity contribution in [3.8, 4) is 0 Å². The molecule has 0 spiro atoms. The van der Waals surface area contributed by atoms with Gasteiger partial charge < -0.3 is 4.74 Å². The number of likely N-dealkylation sites (N-methyl/N-ethyl adjacent to an activating group) is 1. The third-order valence-corrected chi connectivity index (χ3v) is 6.41. The Bertz CT molecular complexity index is 1150. The van der Waals surface area contributed by atoms with Gasteiger partial charge in [-0.05, 0) is 35.4 Å². The van der Waals surface area contributed by atoms with Gasteiger partial charge in [0.05, 0.1) is 4.90 Å². The molecule has 7 heteroatoms. The predicted molar refractivity (Wildman–Crippen MR) is 110 cm³/mol. The Balaban J connectivity index is 1.65. The second kappa shape index (κ2) is 8.55. The molecule has 0 heterocycles. The minimum atomic E-state index is -3.87. The number of hydrogen-bond donors (Lipinski definition) is 0. The van der Waals surface area contributed by atoms with E-state index in [1.807, 2.05) is 42.5 Å². The van der Waals surface area contributed by atoms with Crippen molar-refractivity contribution >= 4 is 32.5 Å². The van der Waals surface area contributed by atoms with Gasteiger partial charge in [-0.1, -0.05) is 54.6 Å². The maximum absolute atomic E-state index is 12.6. The summed E-state index contributed by atoms with van der Waals surface area (Å²) in [5.41, 5.74) is 1.27. The molecule has 0 bridgehead atoms. The van der Waals surface area contributed by atoms with Crippen LogP contribution < -0.4 is 0 Å². The van der Waals surface area contributed by atoms with Crippen molar-refractivity contribution in [3.05, 3.63) is 77.9 Å². The fourth-order valence-corrected chi connectivity index (χ4v) is 4.05. The van der Waals surface area contributed by atoms with Crippen molar-refractivity contribution in [3.63, 3.8) is 0 Å². The summed E-state index contributed by atoms with van der Waals surface area (Å²) in [7, 11) is -2.56. The van der Waals surface area contributed by atoms with Crippen LogP contribution in [0.2, 0.25) is 0 Å². The Morgan fingerprint density at radius 2 is 1.59 bits per heavy atom. The quantitative estimate of drug-likeness (QED) is 0.440. The lowest BCUT2D eigenvalue weighted by molar-refractivity contribution is -0.144. The molecule has 6 nitrogen and oxygen atoms in total. The molecular formula is C22H21NO5S. The highest BCUT2D eigenvalue weighted by Crippen LogP contribution is 2.20. The first-order valence-corrected chi connectivity index (χ1v) is 10.4. The molecule has 0 N–H and O–H groups in total. The average molecular weight is 411 g/mol. The van der Waals surface area contributed by atoms with Crippen LogP contribution in [0.25, 0.3) is 10.8 Å². The summed E-state index contributed by atoms with van der Waals surface area (Å²) in [6.45, 7) is 1.05. The number of esters is 1. The van der Waals surface area contributed by atoms with Crippen LogP contribution in [-0.4, -0.2) is 38.1 Å². The molecule has 3 aromatic rings. The van der Waals surface area contributed by atoms with E-state index < -0.39 is 22.5 Å². The molecule has 3 aromatic carbocycles. The highest BCUT2D eigenvalue weighted by molar-refractivity contribution is 7.89. The molecule has 0 amide bonds. The topological polar surface area (TPSA) is 80.8 Å². The maximum atomic E-state index is 12.6. The van der Waals surface area contributed by atoms with Crippen molar-refractivity contribution in [2.75, 3.05) is 13.6 Å². The number of fused-ring (bicyclic) bond motifs is 1. The molecule has 0 aliphatic carbocycles. The average Bonchev–Trinajstić information content (AvgIpc) is 2.72. The second-order valence-corrected chi connectivity index (χ2v) is 8.69. The number of ketones is 1. The molecule has 0 aliphatic heterocycles. The molecule has 29 heavy (non-hydrogen) atoms.